The molecule has 5 heteroatoms. The van der Waals surface area contributed by atoms with Gasteiger partial charge >= 0.3 is 0 Å². The van der Waals surface area contributed by atoms with Crippen LogP contribution in [0.3, 0.4) is 0 Å². The predicted octanol–water partition coefficient (Wildman–Crippen LogP) is 13.9. The Hall–Kier alpha value is -7.50. The third-order valence-electron chi connectivity index (χ3n) is 12.5. The quantitative estimate of drug-likeness (QED) is 0.169. The maximum atomic E-state index is 6.58. The second-order valence-electron chi connectivity index (χ2n) is 16.4. The molecule has 0 bridgehead atoms. The van der Waals surface area contributed by atoms with Crippen molar-refractivity contribution in [1.82, 2.24) is 19.1 Å². The number of aromatic nitrogens is 4. The van der Waals surface area contributed by atoms with Gasteiger partial charge in [0.25, 0.3) is 0 Å². The zero-order chi connectivity index (χ0) is 40.5. The number of ether oxygens (including phenoxy) is 1. The van der Waals surface area contributed by atoms with Crippen LogP contribution in [0.25, 0.3) is 89.4 Å². The Morgan fingerprint density at radius 1 is 0.367 bits per heavy atom. The molecule has 0 spiro atoms. The first-order valence-corrected chi connectivity index (χ1v) is 20.5. The molecule has 8 aromatic carbocycles. The Bertz CT molecular complexity index is 3030. The van der Waals surface area contributed by atoms with Crippen LogP contribution in [0.4, 0.5) is 0 Å². The maximum absolute atomic E-state index is 6.58. The molecule has 288 valence electrons. The lowest BCUT2D eigenvalue weighted by Crippen LogP contribution is -2.24. The molecule has 10 aromatic rings. The first-order chi connectivity index (χ1) is 29.3. The van der Waals surface area contributed by atoms with E-state index < -0.39 is 0 Å². The lowest BCUT2D eigenvalue weighted by molar-refractivity contribution is 0.418. The van der Waals surface area contributed by atoms with Crippen LogP contribution in [-0.2, 0) is 19.5 Å². The molecule has 0 amide bonds. The van der Waals surface area contributed by atoms with E-state index in [1.165, 1.54) is 33.4 Å². The SMILES string of the molecule is Cn1c(-c2ccc(-c3ccc4c(c3)C(C)(C)c3cc(-c5ccc(-c6nc7cc(-c8ccccc8)ccc7n6C)cc5)ccc3O4)cc2)nc2cc(-c3ccccc3)ccc21. The van der Waals surface area contributed by atoms with Crippen LogP contribution in [0.5, 0.6) is 11.5 Å². The first-order valence-electron chi connectivity index (χ1n) is 20.5. The number of benzene rings is 8. The highest BCUT2D eigenvalue weighted by Crippen LogP contribution is 2.50. The van der Waals surface area contributed by atoms with Crippen molar-refractivity contribution >= 4 is 22.1 Å². The van der Waals surface area contributed by atoms with Gasteiger partial charge in [0.1, 0.15) is 23.1 Å². The molecular weight excluding hydrogens is 733 g/mol. The fourth-order valence-electron chi connectivity index (χ4n) is 9.00. The highest BCUT2D eigenvalue weighted by Gasteiger charge is 2.35. The number of rotatable bonds is 6. The summed E-state index contributed by atoms with van der Waals surface area (Å²) in [6.45, 7) is 4.60. The summed E-state index contributed by atoms with van der Waals surface area (Å²) in [6, 6.07) is 64.7. The Kier molecular flexibility index (Phi) is 8.21. The second-order valence-corrected chi connectivity index (χ2v) is 16.4. The summed E-state index contributed by atoms with van der Waals surface area (Å²) in [5.74, 6) is 3.70. The summed E-state index contributed by atoms with van der Waals surface area (Å²) in [4.78, 5) is 10.2. The van der Waals surface area contributed by atoms with E-state index in [-0.39, 0.29) is 5.41 Å². The minimum Gasteiger partial charge on any atom is -0.457 e. The van der Waals surface area contributed by atoms with Gasteiger partial charge in [-0.15, -0.1) is 0 Å². The third kappa shape index (κ3) is 5.93. The Morgan fingerprint density at radius 2 is 0.700 bits per heavy atom. The van der Waals surface area contributed by atoms with Crippen molar-refractivity contribution < 1.29 is 4.74 Å². The molecule has 3 heterocycles. The van der Waals surface area contributed by atoms with Gasteiger partial charge in [-0.2, -0.15) is 0 Å². The topological polar surface area (TPSA) is 44.9 Å². The van der Waals surface area contributed by atoms with Crippen molar-refractivity contribution in [3.8, 4) is 78.8 Å². The fraction of sp³-hybridized carbons (Fsp3) is 0.0909. The minimum absolute atomic E-state index is 0.286. The van der Waals surface area contributed by atoms with Gasteiger partial charge in [-0.05, 0) is 93.0 Å². The Balaban J connectivity index is 0.855. The van der Waals surface area contributed by atoms with E-state index in [0.717, 1.165) is 78.6 Å². The summed E-state index contributed by atoms with van der Waals surface area (Å²) in [7, 11) is 4.19. The molecule has 0 saturated heterocycles. The standard InChI is InChI=1S/C55H42N4O/c1-55(2)45-31-41(37-15-19-39(20-16-37)53-56-47-33-43(23-27-49(47)58(53)3)35-11-7-5-8-12-35)25-29-51(45)60-52-30-26-42(32-46(52)55)38-17-21-40(22-18-38)54-57-48-34-44(24-28-50(48)59(54)4)36-13-9-6-10-14-36/h5-34H,1-4H3. The van der Waals surface area contributed by atoms with Crippen molar-refractivity contribution in [1.29, 1.82) is 0 Å². The van der Waals surface area contributed by atoms with E-state index in [0.29, 0.717) is 0 Å². The van der Waals surface area contributed by atoms with E-state index >= 15 is 0 Å². The Morgan fingerprint density at radius 3 is 1.12 bits per heavy atom. The normalized spacial score (nSPS) is 12.9. The van der Waals surface area contributed by atoms with Gasteiger partial charge in [0, 0.05) is 41.8 Å². The average Bonchev–Trinajstić information content (AvgIpc) is 3.81. The van der Waals surface area contributed by atoms with Gasteiger partial charge < -0.3 is 13.9 Å². The van der Waals surface area contributed by atoms with Gasteiger partial charge in [-0.1, -0.05) is 147 Å². The van der Waals surface area contributed by atoms with E-state index in [2.05, 4.69) is 207 Å². The molecule has 0 fully saturated rings. The molecule has 11 rings (SSSR count). The number of hydrogen-bond donors (Lipinski definition) is 0. The Labute approximate surface area is 349 Å². The van der Waals surface area contributed by atoms with Gasteiger partial charge in [0.15, 0.2) is 0 Å². The van der Waals surface area contributed by atoms with Crippen LogP contribution in [0.1, 0.15) is 25.0 Å². The van der Waals surface area contributed by atoms with Crippen LogP contribution in [-0.4, -0.2) is 19.1 Å². The van der Waals surface area contributed by atoms with Crippen molar-refractivity contribution in [2.45, 2.75) is 19.3 Å². The maximum Gasteiger partial charge on any atom is 0.140 e. The highest BCUT2D eigenvalue weighted by atomic mass is 16.5. The minimum atomic E-state index is -0.286. The van der Waals surface area contributed by atoms with E-state index in [9.17, 15) is 0 Å². The van der Waals surface area contributed by atoms with E-state index in [1.807, 2.05) is 12.1 Å². The number of imidazole rings is 2. The van der Waals surface area contributed by atoms with Crippen molar-refractivity contribution in [3.05, 3.63) is 193 Å². The number of aryl methyl sites for hydroxylation is 2. The lowest BCUT2D eigenvalue weighted by atomic mass is 9.74. The molecule has 0 atom stereocenters. The largest absolute Gasteiger partial charge is 0.457 e. The third-order valence-corrected chi connectivity index (χ3v) is 12.5. The molecule has 1 aliphatic rings. The molecule has 5 nitrogen and oxygen atoms in total. The number of nitrogens with zero attached hydrogens (tertiary/aromatic N) is 4. The van der Waals surface area contributed by atoms with Crippen LogP contribution >= 0.6 is 0 Å². The van der Waals surface area contributed by atoms with Gasteiger partial charge in [0.05, 0.1) is 22.1 Å². The van der Waals surface area contributed by atoms with Crippen LogP contribution in [0.15, 0.2) is 182 Å². The van der Waals surface area contributed by atoms with Crippen LogP contribution < -0.4 is 4.74 Å². The van der Waals surface area contributed by atoms with E-state index in [1.54, 1.807) is 0 Å². The summed E-state index contributed by atoms with van der Waals surface area (Å²) < 4.78 is 10.9. The zero-order valence-electron chi connectivity index (χ0n) is 34.0. The smallest absolute Gasteiger partial charge is 0.140 e. The predicted molar refractivity (Wildman–Crippen MR) is 246 cm³/mol. The average molecular weight is 775 g/mol. The lowest BCUT2D eigenvalue weighted by Gasteiger charge is -2.35. The zero-order valence-corrected chi connectivity index (χ0v) is 34.0. The molecule has 0 radical (unpaired) electrons. The van der Waals surface area contributed by atoms with E-state index in [4.69, 9.17) is 14.7 Å². The molecule has 60 heavy (non-hydrogen) atoms. The van der Waals surface area contributed by atoms with Gasteiger partial charge in [-0.3, -0.25) is 0 Å². The molecular formula is C55H42N4O. The number of hydrogen-bond acceptors (Lipinski definition) is 3. The first kappa shape index (κ1) is 35.6. The molecule has 0 saturated carbocycles. The van der Waals surface area contributed by atoms with Crippen LogP contribution in [0.2, 0.25) is 0 Å². The van der Waals surface area contributed by atoms with Crippen molar-refractivity contribution in [3.63, 3.8) is 0 Å². The van der Waals surface area contributed by atoms with Crippen molar-refractivity contribution in [2.75, 3.05) is 0 Å². The van der Waals surface area contributed by atoms with Crippen molar-refractivity contribution in [2.24, 2.45) is 14.1 Å². The van der Waals surface area contributed by atoms with Gasteiger partial charge in [-0.25, -0.2) is 9.97 Å². The molecule has 2 aromatic heterocycles. The molecule has 0 aliphatic carbocycles. The molecule has 1 aliphatic heterocycles. The summed E-state index contributed by atoms with van der Waals surface area (Å²) in [5.41, 5.74) is 17.8. The molecule has 0 unspecified atom stereocenters. The van der Waals surface area contributed by atoms with Gasteiger partial charge in [0.2, 0.25) is 0 Å². The highest BCUT2D eigenvalue weighted by molar-refractivity contribution is 5.87. The summed E-state index contributed by atoms with van der Waals surface area (Å²) in [5, 5.41) is 0. The fourth-order valence-corrected chi connectivity index (χ4v) is 9.00. The molecule has 0 N–H and O–H groups in total. The second kappa shape index (κ2) is 13.8. The number of fused-ring (bicyclic) bond motifs is 4. The summed E-state index contributed by atoms with van der Waals surface area (Å²) >= 11 is 0. The monoisotopic (exact) mass is 774 g/mol. The summed E-state index contributed by atoms with van der Waals surface area (Å²) in [6.07, 6.45) is 0. The van der Waals surface area contributed by atoms with Crippen LogP contribution in [0, 0.1) is 0 Å².